The molecule has 0 saturated heterocycles. The van der Waals surface area contributed by atoms with E-state index in [1.54, 1.807) is 23.5 Å². The molecular weight excluding hydrogens is 290 g/mol. The zero-order valence-corrected chi connectivity index (χ0v) is 12.9. The summed E-state index contributed by atoms with van der Waals surface area (Å²) in [5, 5.41) is 1.99. The topological polar surface area (TPSA) is 46.2 Å². The Labute approximate surface area is 123 Å². The van der Waals surface area contributed by atoms with Gasteiger partial charge in [-0.1, -0.05) is 23.8 Å². The van der Waals surface area contributed by atoms with Gasteiger partial charge in [0.2, 0.25) is 10.0 Å². The van der Waals surface area contributed by atoms with E-state index in [2.05, 4.69) is 4.72 Å². The van der Waals surface area contributed by atoms with Gasteiger partial charge in [0, 0.05) is 4.88 Å². The van der Waals surface area contributed by atoms with Gasteiger partial charge in [-0.05, 0) is 49.3 Å². The molecule has 0 amide bonds. The summed E-state index contributed by atoms with van der Waals surface area (Å²) in [5.41, 5.74) is 1.06. The van der Waals surface area contributed by atoms with E-state index < -0.39 is 10.0 Å². The lowest BCUT2D eigenvalue weighted by molar-refractivity contribution is 0.533. The molecule has 1 heterocycles. The van der Waals surface area contributed by atoms with Gasteiger partial charge >= 0.3 is 0 Å². The van der Waals surface area contributed by atoms with E-state index in [1.807, 2.05) is 36.6 Å². The maximum atomic E-state index is 12.5. The van der Waals surface area contributed by atoms with E-state index in [1.165, 1.54) is 0 Å². The summed E-state index contributed by atoms with van der Waals surface area (Å²) in [6.07, 6.45) is 2.19. The van der Waals surface area contributed by atoms with Gasteiger partial charge in [0.15, 0.2) is 0 Å². The number of nitrogens with one attached hydrogen (secondary N) is 1. The molecule has 1 saturated carbocycles. The minimum Gasteiger partial charge on any atom is -0.207 e. The van der Waals surface area contributed by atoms with Crippen LogP contribution in [0.25, 0.3) is 0 Å². The van der Waals surface area contributed by atoms with Crippen molar-refractivity contribution >= 4 is 21.4 Å². The van der Waals surface area contributed by atoms with E-state index in [9.17, 15) is 8.42 Å². The van der Waals surface area contributed by atoms with Crippen molar-refractivity contribution in [3.05, 3.63) is 52.2 Å². The largest absolute Gasteiger partial charge is 0.241 e. The zero-order chi connectivity index (χ0) is 14.2. The summed E-state index contributed by atoms with van der Waals surface area (Å²) in [7, 11) is -3.45. The van der Waals surface area contributed by atoms with Crippen molar-refractivity contribution in [1.29, 1.82) is 0 Å². The molecule has 1 fully saturated rings. The van der Waals surface area contributed by atoms with Gasteiger partial charge in [0.25, 0.3) is 0 Å². The van der Waals surface area contributed by atoms with Crippen molar-refractivity contribution in [2.75, 3.05) is 0 Å². The van der Waals surface area contributed by atoms with E-state index in [0.717, 1.165) is 23.3 Å². The highest BCUT2D eigenvalue weighted by molar-refractivity contribution is 7.89. The fraction of sp³-hybridized carbons (Fsp3) is 0.333. The van der Waals surface area contributed by atoms with Crippen molar-refractivity contribution in [2.45, 2.75) is 30.7 Å². The molecule has 2 aromatic rings. The van der Waals surface area contributed by atoms with E-state index in [4.69, 9.17) is 0 Å². The first-order chi connectivity index (χ1) is 9.56. The van der Waals surface area contributed by atoms with Crippen LogP contribution in [0.15, 0.2) is 46.7 Å². The summed E-state index contributed by atoms with van der Waals surface area (Å²) in [6, 6.07) is 10.9. The lowest BCUT2D eigenvalue weighted by atomic mass is 10.2. The van der Waals surface area contributed by atoms with Gasteiger partial charge < -0.3 is 0 Å². The SMILES string of the molecule is Cc1ccc(S(=O)(=O)N[C@@H](c2cccs2)C2CC2)cc1. The van der Waals surface area contributed by atoms with Crippen molar-refractivity contribution in [3.63, 3.8) is 0 Å². The Kier molecular flexibility index (Phi) is 3.67. The summed E-state index contributed by atoms with van der Waals surface area (Å²) in [5.74, 6) is 0.439. The number of hydrogen-bond donors (Lipinski definition) is 1. The third-order valence-corrected chi connectivity index (χ3v) is 5.97. The molecule has 5 heteroatoms. The standard InChI is InChI=1S/C15H17NO2S2/c1-11-4-8-13(9-5-11)20(17,18)16-15(12-6-7-12)14-3-2-10-19-14/h2-5,8-10,12,15-16H,6-7H2,1H3/t15-/m1/s1. The van der Waals surface area contributed by atoms with Crippen LogP contribution in [0.3, 0.4) is 0 Å². The molecule has 0 aliphatic heterocycles. The second-order valence-electron chi connectivity index (χ2n) is 5.26. The number of hydrogen-bond acceptors (Lipinski definition) is 3. The van der Waals surface area contributed by atoms with E-state index in [-0.39, 0.29) is 6.04 Å². The predicted molar refractivity (Wildman–Crippen MR) is 81.3 cm³/mol. The van der Waals surface area contributed by atoms with Crippen molar-refractivity contribution in [1.82, 2.24) is 4.72 Å². The Morgan fingerprint density at radius 1 is 1.20 bits per heavy atom. The minimum atomic E-state index is -3.45. The van der Waals surface area contributed by atoms with Crippen LogP contribution in [0.5, 0.6) is 0 Å². The summed E-state index contributed by atoms with van der Waals surface area (Å²) in [6.45, 7) is 1.95. The molecule has 1 N–H and O–H groups in total. The summed E-state index contributed by atoms with van der Waals surface area (Å²) >= 11 is 1.61. The predicted octanol–water partition coefficient (Wildman–Crippen LogP) is 3.49. The molecule has 20 heavy (non-hydrogen) atoms. The van der Waals surface area contributed by atoms with Gasteiger partial charge in [-0.2, -0.15) is 0 Å². The lowest BCUT2D eigenvalue weighted by Crippen LogP contribution is -2.29. The van der Waals surface area contributed by atoms with Crippen LogP contribution < -0.4 is 4.72 Å². The van der Waals surface area contributed by atoms with Crippen LogP contribution in [0, 0.1) is 12.8 Å². The first kappa shape index (κ1) is 13.8. The molecule has 1 aromatic heterocycles. The first-order valence-corrected chi connectivity index (χ1v) is 9.05. The molecule has 3 rings (SSSR count). The van der Waals surface area contributed by atoms with Crippen molar-refractivity contribution in [2.24, 2.45) is 5.92 Å². The zero-order valence-electron chi connectivity index (χ0n) is 11.2. The highest BCUT2D eigenvalue weighted by Gasteiger charge is 2.35. The summed E-state index contributed by atoms with van der Waals surface area (Å²) < 4.78 is 27.8. The highest BCUT2D eigenvalue weighted by atomic mass is 32.2. The minimum absolute atomic E-state index is 0.0821. The average Bonchev–Trinajstić information content (AvgIpc) is 3.11. The Bertz CT molecular complexity index is 671. The fourth-order valence-corrected chi connectivity index (χ4v) is 4.47. The molecule has 3 nitrogen and oxygen atoms in total. The smallest absolute Gasteiger partial charge is 0.207 e. The van der Waals surface area contributed by atoms with Crippen LogP contribution in [-0.2, 0) is 10.0 Å². The van der Waals surface area contributed by atoms with E-state index in [0.29, 0.717) is 10.8 Å². The quantitative estimate of drug-likeness (QED) is 0.919. The van der Waals surface area contributed by atoms with Gasteiger partial charge in [-0.15, -0.1) is 11.3 Å². The maximum absolute atomic E-state index is 12.5. The fourth-order valence-electron chi connectivity index (χ4n) is 2.24. The van der Waals surface area contributed by atoms with Gasteiger partial charge in [0.05, 0.1) is 10.9 Å². The molecule has 1 atom stereocenters. The Hall–Kier alpha value is -1.17. The molecule has 0 bridgehead atoms. The molecule has 0 unspecified atom stereocenters. The molecule has 1 aromatic carbocycles. The van der Waals surface area contributed by atoms with Crippen molar-refractivity contribution < 1.29 is 8.42 Å². The lowest BCUT2D eigenvalue weighted by Gasteiger charge is -2.17. The van der Waals surface area contributed by atoms with Gasteiger partial charge in [0.1, 0.15) is 0 Å². The molecule has 0 radical (unpaired) electrons. The normalized spacial score (nSPS) is 17.1. The molecule has 0 spiro atoms. The Balaban J connectivity index is 1.86. The number of thiophene rings is 1. The number of sulfonamides is 1. The first-order valence-electron chi connectivity index (χ1n) is 6.69. The highest BCUT2D eigenvalue weighted by Crippen LogP contribution is 2.43. The Morgan fingerprint density at radius 2 is 1.90 bits per heavy atom. The summed E-state index contributed by atoms with van der Waals surface area (Å²) in [4.78, 5) is 1.44. The van der Waals surface area contributed by atoms with Crippen LogP contribution >= 0.6 is 11.3 Å². The second kappa shape index (κ2) is 5.31. The third-order valence-electron chi connectivity index (χ3n) is 3.56. The second-order valence-corrected chi connectivity index (χ2v) is 7.96. The van der Waals surface area contributed by atoms with Gasteiger partial charge in [-0.3, -0.25) is 0 Å². The average molecular weight is 307 g/mol. The molecule has 1 aliphatic carbocycles. The molecule has 106 valence electrons. The van der Waals surface area contributed by atoms with Crippen molar-refractivity contribution in [3.8, 4) is 0 Å². The monoisotopic (exact) mass is 307 g/mol. The van der Waals surface area contributed by atoms with Crippen LogP contribution in [0.4, 0.5) is 0 Å². The molecular formula is C15H17NO2S2. The van der Waals surface area contributed by atoms with Gasteiger partial charge in [-0.25, -0.2) is 13.1 Å². The van der Waals surface area contributed by atoms with Crippen LogP contribution in [-0.4, -0.2) is 8.42 Å². The third kappa shape index (κ3) is 2.95. The number of benzene rings is 1. The number of aryl methyl sites for hydroxylation is 1. The van der Waals surface area contributed by atoms with E-state index >= 15 is 0 Å². The maximum Gasteiger partial charge on any atom is 0.241 e. The molecule has 1 aliphatic rings. The van der Waals surface area contributed by atoms with Crippen LogP contribution in [0.2, 0.25) is 0 Å². The Morgan fingerprint density at radius 3 is 2.45 bits per heavy atom. The van der Waals surface area contributed by atoms with Crippen LogP contribution in [0.1, 0.15) is 29.3 Å². The number of rotatable bonds is 5.